The Kier molecular flexibility index (Phi) is 7.66. The maximum Gasteiger partial charge on any atom is 0.230 e. The summed E-state index contributed by atoms with van der Waals surface area (Å²) in [5.41, 5.74) is 0.944. The van der Waals surface area contributed by atoms with Gasteiger partial charge in [0.05, 0.1) is 16.5 Å². The number of nitrogens with one attached hydrogen (secondary N) is 1. The van der Waals surface area contributed by atoms with Crippen LogP contribution in [0, 0.1) is 5.82 Å². The maximum absolute atomic E-state index is 14.6. The van der Waals surface area contributed by atoms with Gasteiger partial charge in [0.2, 0.25) is 5.91 Å². The number of aromatic nitrogens is 3. The fraction of sp³-hybridized carbons (Fsp3) is 0.286. The lowest BCUT2D eigenvalue weighted by molar-refractivity contribution is -0.118. The molecule has 152 valence electrons. The van der Waals surface area contributed by atoms with E-state index in [1.165, 1.54) is 17.8 Å². The minimum atomic E-state index is -0.411. The van der Waals surface area contributed by atoms with Gasteiger partial charge < -0.3 is 5.32 Å². The Morgan fingerprint density at radius 1 is 1.14 bits per heavy atom. The van der Waals surface area contributed by atoms with E-state index in [2.05, 4.69) is 22.4 Å². The van der Waals surface area contributed by atoms with Gasteiger partial charge in [-0.15, -0.1) is 10.2 Å². The van der Waals surface area contributed by atoms with Crippen LogP contribution in [-0.2, 0) is 4.79 Å². The molecule has 3 aromatic rings. The number of benzene rings is 2. The van der Waals surface area contributed by atoms with Crippen molar-refractivity contribution in [2.75, 3.05) is 12.3 Å². The number of unbranched alkanes of at least 4 members (excludes halogenated alkanes) is 2. The first-order valence-electron chi connectivity index (χ1n) is 9.46. The molecule has 0 radical (unpaired) electrons. The van der Waals surface area contributed by atoms with Crippen molar-refractivity contribution in [1.29, 1.82) is 0 Å². The van der Waals surface area contributed by atoms with Crippen molar-refractivity contribution >= 4 is 29.3 Å². The number of carbonyl (C=O) groups excluding carboxylic acids is 1. The van der Waals surface area contributed by atoms with Crippen molar-refractivity contribution in [3.05, 3.63) is 59.4 Å². The van der Waals surface area contributed by atoms with Crippen molar-refractivity contribution in [1.82, 2.24) is 20.1 Å². The minimum Gasteiger partial charge on any atom is -0.355 e. The normalized spacial score (nSPS) is 10.9. The molecule has 0 aliphatic heterocycles. The molecule has 0 aliphatic rings. The van der Waals surface area contributed by atoms with E-state index in [4.69, 9.17) is 11.6 Å². The van der Waals surface area contributed by atoms with Gasteiger partial charge in [0.15, 0.2) is 11.0 Å². The van der Waals surface area contributed by atoms with Crippen molar-refractivity contribution in [3.63, 3.8) is 0 Å². The lowest BCUT2D eigenvalue weighted by Gasteiger charge is -2.12. The van der Waals surface area contributed by atoms with E-state index in [0.29, 0.717) is 33.8 Å². The van der Waals surface area contributed by atoms with Gasteiger partial charge in [-0.05, 0) is 30.7 Å². The van der Waals surface area contributed by atoms with Crippen LogP contribution in [0.4, 0.5) is 4.39 Å². The highest BCUT2D eigenvalue weighted by atomic mass is 35.5. The molecule has 0 atom stereocenters. The largest absolute Gasteiger partial charge is 0.355 e. The number of amides is 1. The minimum absolute atomic E-state index is 0.0894. The van der Waals surface area contributed by atoms with Crippen LogP contribution in [-0.4, -0.2) is 33.0 Å². The third kappa shape index (κ3) is 5.36. The topological polar surface area (TPSA) is 59.8 Å². The summed E-state index contributed by atoms with van der Waals surface area (Å²) >= 11 is 7.54. The Hall–Kier alpha value is -2.38. The highest BCUT2D eigenvalue weighted by molar-refractivity contribution is 7.99. The fourth-order valence-electron chi connectivity index (χ4n) is 2.81. The van der Waals surface area contributed by atoms with Crippen molar-refractivity contribution in [2.24, 2.45) is 0 Å². The average molecular weight is 433 g/mol. The fourth-order valence-corrected chi connectivity index (χ4v) is 3.81. The van der Waals surface area contributed by atoms with Crippen molar-refractivity contribution < 1.29 is 9.18 Å². The van der Waals surface area contributed by atoms with Crippen molar-refractivity contribution in [2.45, 2.75) is 31.3 Å². The highest BCUT2D eigenvalue weighted by Gasteiger charge is 2.20. The quantitative estimate of drug-likeness (QED) is 0.376. The number of nitrogens with zero attached hydrogens (tertiary/aromatic N) is 3. The van der Waals surface area contributed by atoms with Gasteiger partial charge in [0, 0.05) is 12.1 Å². The van der Waals surface area contributed by atoms with E-state index < -0.39 is 5.82 Å². The zero-order chi connectivity index (χ0) is 20.6. The molecule has 0 fully saturated rings. The van der Waals surface area contributed by atoms with Gasteiger partial charge in [-0.3, -0.25) is 9.36 Å². The smallest absolute Gasteiger partial charge is 0.230 e. The van der Waals surface area contributed by atoms with Crippen LogP contribution in [0.5, 0.6) is 0 Å². The molecule has 0 bridgehead atoms. The van der Waals surface area contributed by atoms with Crippen LogP contribution in [0.25, 0.3) is 17.1 Å². The molecule has 0 aliphatic carbocycles. The molecule has 5 nitrogen and oxygen atoms in total. The predicted molar refractivity (Wildman–Crippen MR) is 115 cm³/mol. The lowest BCUT2D eigenvalue weighted by atomic mass is 10.2. The third-order valence-electron chi connectivity index (χ3n) is 4.28. The van der Waals surface area contributed by atoms with Crippen LogP contribution in [0.3, 0.4) is 0 Å². The van der Waals surface area contributed by atoms with Crippen LogP contribution >= 0.6 is 23.4 Å². The first kappa shape index (κ1) is 21.3. The Balaban J connectivity index is 1.87. The maximum atomic E-state index is 14.6. The number of hydrogen-bond acceptors (Lipinski definition) is 4. The Morgan fingerprint density at radius 2 is 1.90 bits per heavy atom. The molecule has 0 saturated carbocycles. The lowest BCUT2D eigenvalue weighted by Crippen LogP contribution is -2.26. The molecule has 0 saturated heterocycles. The summed E-state index contributed by atoms with van der Waals surface area (Å²) in [6.07, 6.45) is 3.13. The van der Waals surface area contributed by atoms with Gasteiger partial charge in [0.25, 0.3) is 0 Å². The zero-order valence-electron chi connectivity index (χ0n) is 16.1. The predicted octanol–water partition coefficient (Wildman–Crippen LogP) is 5.13. The number of rotatable bonds is 9. The second-order valence-electron chi connectivity index (χ2n) is 6.42. The van der Waals surface area contributed by atoms with Gasteiger partial charge >= 0.3 is 0 Å². The molecule has 8 heteroatoms. The molecule has 0 spiro atoms. The molecular formula is C21H22ClFN4OS. The summed E-state index contributed by atoms with van der Waals surface area (Å²) < 4.78 is 16.2. The molecular weight excluding hydrogens is 411 g/mol. The molecule has 1 N–H and O–H groups in total. The number of para-hydroxylation sites is 1. The number of halogens is 2. The molecule has 1 aromatic heterocycles. The van der Waals surface area contributed by atoms with E-state index >= 15 is 0 Å². The van der Waals surface area contributed by atoms with Gasteiger partial charge in [-0.2, -0.15) is 0 Å². The SMILES string of the molecule is CCCCCNC(=O)CSc1nnc(-c2ccccc2Cl)n1-c1ccccc1F. The van der Waals surface area contributed by atoms with E-state index in [1.54, 1.807) is 34.9 Å². The van der Waals surface area contributed by atoms with E-state index in [1.807, 2.05) is 12.1 Å². The Bertz CT molecular complexity index is 979. The third-order valence-corrected chi connectivity index (χ3v) is 5.53. The Morgan fingerprint density at radius 3 is 2.66 bits per heavy atom. The first-order valence-corrected chi connectivity index (χ1v) is 10.8. The van der Waals surface area contributed by atoms with Gasteiger partial charge in [-0.25, -0.2) is 4.39 Å². The van der Waals surface area contributed by atoms with E-state index in [9.17, 15) is 9.18 Å². The second-order valence-corrected chi connectivity index (χ2v) is 7.77. The summed E-state index contributed by atoms with van der Waals surface area (Å²) in [5.74, 6) is 0.0906. The molecule has 0 unspecified atom stereocenters. The Labute approximate surface area is 178 Å². The van der Waals surface area contributed by atoms with Gasteiger partial charge in [0.1, 0.15) is 5.82 Å². The summed E-state index contributed by atoms with van der Waals surface area (Å²) in [6.45, 7) is 2.77. The van der Waals surface area contributed by atoms with Crippen LogP contribution in [0.15, 0.2) is 53.7 Å². The highest BCUT2D eigenvalue weighted by Crippen LogP contribution is 2.32. The summed E-state index contributed by atoms with van der Waals surface area (Å²) in [5, 5.41) is 12.2. The molecule has 2 aromatic carbocycles. The monoisotopic (exact) mass is 432 g/mol. The standard InChI is InChI=1S/C21H22ClFN4OS/c1-2-3-8-13-24-19(28)14-29-21-26-25-20(15-9-4-5-10-16(15)22)27(21)18-12-7-6-11-17(18)23/h4-7,9-12H,2-3,8,13-14H2,1H3,(H,24,28). The summed E-state index contributed by atoms with van der Waals surface area (Å²) in [7, 11) is 0. The van der Waals surface area contributed by atoms with E-state index in [-0.39, 0.29) is 11.7 Å². The molecule has 1 amide bonds. The number of carbonyl (C=O) groups is 1. The number of hydrogen-bond donors (Lipinski definition) is 1. The number of thioether (sulfide) groups is 1. The van der Waals surface area contributed by atoms with E-state index in [0.717, 1.165) is 19.3 Å². The first-order chi connectivity index (χ1) is 14.1. The van der Waals surface area contributed by atoms with Crippen LogP contribution in [0.1, 0.15) is 26.2 Å². The van der Waals surface area contributed by atoms with Crippen LogP contribution in [0.2, 0.25) is 5.02 Å². The zero-order valence-corrected chi connectivity index (χ0v) is 17.6. The van der Waals surface area contributed by atoms with Gasteiger partial charge in [-0.1, -0.05) is 67.4 Å². The van der Waals surface area contributed by atoms with Crippen LogP contribution < -0.4 is 5.32 Å². The molecule has 3 rings (SSSR count). The summed E-state index contributed by atoms with van der Waals surface area (Å²) in [4.78, 5) is 12.1. The second kappa shape index (κ2) is 10.4. The molecule has 29 heavy (non-hydrogen) atoms. The summed E-state index contributed by atoms with van der Waals surface area (Å²) in [6, 6.07) is 13.6. The van der Waals surface area contributed by atoms with Crippen molar-refractivity contribution in [3.8, 4) is 17.1 Å². The average Bonchev–Trinajstić information content (AvgIpc) is 3.14. The molecule has 1 heterocycles.